The van der Waals surface area contributed by atoms with Crippen molar-refractivity contribution in [1.82, 2.24) is 35.6 Å². The number of ether oxygens (including phenoxy) is 3. The van der Waals surface area contributed by atoms with Crippen LogP contribution in [0.15, 0.2) is 36.9 Å². The van der Waals surface area contributed by atoms with Crippen LogP contribution < -0.4 is 20.1 Å². The van der Waals surface area contributed by atoms with Gasteiger partial charge in [0.05, 0.1) is 37.7 Å². The Balaban J connectivity index is 1.27. The van der Waals surface area contributed by atoms with Crippen molar-refractivity contribution >= 4 is 33.7 Å². The van der Waals surface area contributed by atoms with Crippen molar-refractivity contribution in [1.29, 1.82) is 0 Å². The van der Waals surface area contributed by atoms with Crippen LogP contribution in [0, 0.1) is 23.2 Å². The summed E-state index contributed by atoms with van der Waals surface area (Å²) in [5, 5.41) is 18.1. The first kappa shape index (κ1) is 37.4. The summed E-state index contributed by atoms with van der Waals surface area (Å²) in [6.07, 6.45) is 2.73. The molecule has 282 valence electrons. The van der Waals surface area contributed by atoms with Crippen molar-refractivity contribution < 1.29 is 41.8 Å². The van der Waals surface area contributed by atoms with Crippen molar-refractivity contribution in [3.63, 3.8) is 0 Å². The first-order valence-corrected chi connectivity index (χ1v) is 19.2. The molecular weight excluding hydrogens is 694 g/mol. The molecule has 3 aliphatic carbocycles. The van der Waals surface area contributed by atoms with Crippen molar-refractivity contribution in [2.24, 2.45) is 23.2 Å². The summed E-state index contributed by atoms with van der Waals surface area (Å²) in [4.78, 5) is 56.9. The Bertz CT molecular complexity index is 1800. The van der Waals surface area contributed by atoms with Crippen molar-refractivity contribution in [2.75, 3.05) is 20.3 Å². The molecule has 1 aromatic carbocycles. The van der Waals surface area contributed by atoms with E-state index in [2.05, 4.69) is 37.3 Å². The number of methoxy groups -OCH3 is 1. The number of aromatic nitrogens is 4. The second-order valence-electron chi connectivity index (χ2n) is 15.3. The topological polar surface area (TPSA) is 210 Å². The van der Waals surface area contributed by atoms with Gasteiger partial charge in [0.1, 0.15) is 17.4 Å². The van der Waals surface area contributed by atoms with Crippen LogP contribution >= 0.6 is 0 Å². The average Bonchev–Trinajstić information content (AvgIpc) is 3.84. The molecule has 3 amide bonds. The molecule has 3 saturated carbocycles. The second kappa shape index (κ2) is 14.6. The monoisotopic (exact) mass is 741 g/mol. The minimum atomic E-state index is -3.89. The molecule has 0 bridgehead atoms. The molecule has 4 fully saturated rings. The Morgan fingerprint density at radius 3 is 2.44 bits per heavy atom. The lowest BCUT2D eigenvalue weighted by atomic mass is 9.77. The van der Waals surface area contributed by atoms with E-state index in [1.165, 1.54) is 4.80 Å². The van der Waals surface area contributed by atoms with E-state index in [-0.39, 0.29) is 31.8 Å². The van der Waals surface area contributed by atoms with E-state index in [0.717, 1.165) is 0 Å². The van der Waals surface area contributed by atoms with Crippen molar-refractivity contribution in [2.45, 2.75) is 94.7 Å². The Morgan fingerprint density at radius 1 is 1.12 bits per heavy atom. The molecule has 0 spiro atoms. The Kier molecular flexibility index (Phi) is 10.5. The molecule has 52 heavy (non-hydrogen) atoms. The van der Waals surface area contributed by atoms with Gasteiger partial charge in [-0.2, -0.15) is 4.80 Å². The van der Waals surface area contributed by atoms with Crippen LogP contribution in [0.25, 0.3) is 11.4 Å². The quantitative estimate of drug-likeness (QED) is 0.239. The summed E-state index contributed by atoms with van der Waals surface area (Å²) in [6, 6.07) is 5.52. The maximum Gasteiger partial charge on any atom is 0.408 e. The van der Waals surface area contributed by atoms with Gasteiger partial charge in [-0.15, -0.1) is 16.8 Å². The van der Waals surface area contributed by atoms with Crippen LogP contribution in [-0.2, 0) is 33.9 Å². The molecule has 1 aromatic heterocycles. The van der Waals surface area contributed by atoms with Gasteiger partial charge in [0.15, 0.2) is 5.78 Å². The highest BCUT2D eigenvalue weighted by Gasteiger charge is 2.62. The number of sulfonamides is 1. The van der Waals surface area contributed by atoms with Gasteiger partial charge in [0.2, 0.25) is 21.8 Å². The Morgan fingerprint density at radius 2 is 1.83 bits per heavy atom. The second-order valence-corrected chi connectivity index (χ2v) is 17.3. The predicted octanol–water partition coefficient (Wildman–Crippen LogP) is 2.47. The van der Waals surface area contributed by atoms with E-state index in [0.29, 0.717) is 49.4 Å². The molecule has 16 nitrogen and oxygen atoms in total. The number of carbonyl (C=O) groups is 4. The van der Waals surface area contributed by atoms with E-state index in [9.17, 15) is 27.6 Å². The van der Waals surface area contributed by atoms with Gasteiger partial charge in [0, 0.05) is 23.8 Å². The summed E-state index contributed by atoms with van der Waals surface area (Å²) in [5.74, 6) is -3.07. The van der Waals surface area contributed by atoms with Gasteiger partial charge in [-0.1, -0.05) is 26.8 Å². The molecule has 1 saturated heterocycles. The zero-order valence-corrected chi connectivity index (χ0v) is 30.7. The Hall–Kier alpha value is -4.38. The number of benzene rings is 1. The van der Waals surface area contributed by atoms with Gasteiger partial charge >= 0.3 is 6.09 Å². The summed E-state index contributed by atoms with van der Waals surface area (Å²) in [6.45, 7) is 9.91. The highest BCUT2D eigenvalue weighted by atomic mass is 32.2. The number of carbonyl (C=O) groups excluding carboxylic acids is 4. The highest BCUT2D eigenvalue weighted by Crippen LogP contribution is 2.49. The Labute approximate surface area is 302 Å². The van der Waals surface area contributed by atoms with Crippen LogP contribution in [0.5, 0.6) is 5.75 Å². The van der Waals surface area contributed by atoms with E-state index >= 15 is 0 Å². The molecule has 3 unspecified atom stereocenters. The number of rotatable bonds is 14. The van der Waals surface area contributed by atoms with Crippen LogP contribution in [0.3, 0.4) is 0 Å². The summed E-state index contributed by atoms with van der Waals surface area (Å²) in [7, 11) is -2.32. The molecule has 2 heterocycles. The molecule has 7 atom stereocenters. The third-order valence-electron chi connectivity index (χ3n) is 10.4. The van der Waals surface area contributed by atoms with Crippen LogP contribution in [0.2, 0.25) is 0 Å². The molecular formula is C35H47N7O9S. The normalized spacial score (nSPS) is 27.7. The third kappa shape index (κ3) is 7.99. The lowest BCUT2D eigenvalue weighted by Crippen LogP contribution is -2.56. The van der Waals surface area contributed by atoms with Crippen molar-refractivity contribution in [3.05, 3.63) is 36.9 Å². The number of tetrazole rings is 1. The molecule has 6 rings (SSSR count). The lowest BCUT2D eigenvalue weighted by molar-refractivity contribution is -0.137. The van der Waals surface area contributed by atoms with Gasteiger partial charge in [-0.05, 0) is 79.3 Å². The lowest BCUT2D eigenvalue weighted by Gasteiger charge is -2.33. The standard InChI is InChI=1S/C35H47N7O9S/c1-6-7-21-18-35(21,32(45)40-52(47,48)25-12-13-25)37-31(44)27-17-22(42-39-30(38-41-42)20-8-10-23(49-5)11-9-20)16-26(27)28(43)29(34(2,3)4)36-33(46)51-24-14-15-50-19-24/h6,8-11,21-22,24-27,29H,1,7,12-19H2,2-5H3,(H,36,46)(H,37,44)(H,40,45)/t21-,22+,24?,26?,27-,29?,35+/m1/s1. The summed E-state index contributed by atoms with van der Waals surface area (Å²) in [5.41, 5.74) is -1.58. The molecule has 2 aromatic rings. The molecule has 4 aliphatic rings. The molecule has 3 N–H and O–H groups in total. The van der Waals surface area contributed by atoms with Gasteiger partial charge in [-0.3, -0.25) is 19.1 Å². The number of Topliss-reactive ketones (excluding diaryl/α,β-unsaturated/α-hetero) is 1. The van der Waals surface area contributed by atoms with Crippen molar-refractivity contribution in [3.8, 4) is 17.1 Å². The fourth-order valence-corrected chi connectivity index (χ4v) is 8.54. The number of allylic oxidation sites excluding steroid dienone is 1. The predicted molar refractivity (Wildman–Crippen MR) is 186 cm³/mol. The summed E-state index contributed by atoms with van der Waals surface area (Å²) < 4.78 is 43.7. The maximum atomic E-state index is 14.6. The number of amides is 3. The number of alkyl carbamates (subject to hydrolysis) is 1. The van der Waals surface area contributed by atoms with E-state index in [1.54, 1.807) is 58.2 Å². The zero-order chi connectivity index (χ0) is 37.4. The van der Waals surface area contributed by atoms with E-state index < -0.39 is 79.9 Å². The average molecular weight is 742 g/mol. The molecule has 0 radical (unpaired) electrons. The maximum absolute atomic E-state index is 14.6. The minimum absolute atomic E-state index is 0.117. The van der Waals surface area contributed by atoms with E-state index in [1.807, 2.05) is 0 Å². The SMILES string of the molecule is C=CC[C@@H]1C[C@@]1(NC(=O)[C@@H]1C[C@@H](n2nnc(-c3ccc(OC)cc3)n2)CC1C(=O)C(NC(=O)OC1CCOC1)C(C)(C)C)C(=O)NS(=O)(=O)C1CC1. The van der Waals surface area contributed by atoms with Gasteiger partial charge in [0.25, 0.3) is 5.91 Å². The highest BCUT2D eigenvalue weighted by molar-refractivity contribution is 7.91. The zero-order valence-electron chi connectivity index (χ0n) is 29.9. The smallest absolute Gasteiger partial charge is 0.408 e. The number of ketones is 1. The molecule has 1 aliphatic heterocycles. The number of nitrogens with zero attached hydrogens (tertiary/aromatic N) is 4. The molecule has 17 heteroatoms. The fraction of sp³-hybridized carbons (Fsp3) is 0.629. The summed E-state index contributed by atoms with van der Waals surface area (Å²) >= 11 is 0. The third-order valence-corrected chi connectivity index (χ3v) is 12.2. The number of nitrogens with one attached hydrogen (secondary N) is 3. The van der Waals surface area contributed by atoms with Gasteiger partial charge in [-0.25, -0.2) is 13.2 Å². The van der Waals surface area contributed by atoms with Crippen LogP contribution in [0.4, 0.5) is 4.79 Å². The fourth-order valence-electron chi connectivity index (χ4n) is 7.17. The number of hydrogen-bond acceptors (Lipinski definition) is 12. The first-order valence-electron chi connectivity index (χ1n) is 17.7. The van der Waals surface area contributed by atoms with Crippen LogP contribution in [0.1, 0.15) is 71.8 Å². The minimum Gasteiger partial charge on any atom is -0.497 e. The van der Waals surface area contributed by atoms with Gasteiger partial charge < -0.3 is 24.8 Å². The first-order chi connectivity index (χ1) is 24.6. The number of hydrogen-bond donors (Lipinski definition) is 3. The largest absolute Gasteiger partial charge is 0.497 e. The van der Waals surface area contributed by atoms with Crippen LogP contribution in [-0.4, -0.2) is 95.6 Å². The van der Waals surface area contributed by atoms with E-state index in [4.69, 9.17) is 14.2 Å².